The van der Waals surface area contributed by atoms with Crippen molar-refractivity contribution < 1.29 is 19.6 Å². The number of hydrogen-bond donors (Lipinski definition) is 3. The third-order valence-electron chi connectivity index (χ3n) is 3.41. The molecule has 0 heterocycles. The standard InChI is InChI=1S/C13H17N3O5/c1-3-13(2,12(18)19)15-7-9-5-4-8(11(14)17)6-10(9)16(20)21/h4-6,15H,3,7H2,1-2H3,(H2,14,17)(H,18,19). The van der Waals surface area contributed by atoms with Gasteiger partial charge in [-0.25, -0.2) is 0 Å². The topological polar surface area (TPSA) is 136 Å². The molecule has 0 bridgehead atoms. The van der Waals surface area contributed by atoms with Crippen molar-refractivity contribution in [2.24, 2.45) is 5.73 Å². The predicted octanol–water partition coefficient (Wildman–Crippen LogP) is 1.04. The van der Waals surface area contributed by atoms with Crippen LogP contribution < -0.4 is 11.1 Å². The van der Waals surface area contributed by atoms with Crippen LogP contribution in [0.3, 0.4) is 0 Å². The number of benzene rings is 1. The van der Waals surface area contributed by atoms with Crippen molar-refractivity contribution >= 4 is 17.6 Å². The summed E-state index contributed by atoms with van der Waals surface area (Å²) in [6.07, 6.45) is 0.315. The van der Waals surface area contributed by atoms with Gasteiger partial charge in [-0.2, -0.15) is 0 Å². The number of aliphatic carboxylic acids is 1. The summed E-state index contributed by atoms with van der Waals surface area (Å²) in [7, 11) is 0. The molecule has 0 saturated heterocycles. The highest BCUT2D eigenvalue weighted by Crippen LogP contribution is 2.21. The van der Waals surface area contributed by atoms with Gasteiger partial charge in [0.15, 0.2) is 0 Å². The van der Waals surface area contributed by atoms with Crippen molar-refractivity contribution in [2.45, 2.75) is 32.4 Å². The highest BCUT2D eigenvalue weighted by Gasteiger charge is 2.31. The summed E-state index contributed by atoms with van der Waals surface area (Å²) in [5.41, 5.74) is 3.94. The first-order chi connectivity index (χ1) is 9.71. The lowest BCUT2D eigenvalue weighted by molar-refractivity contribution is -0.385. The van der Waals surface area contributed by atoms with E-state index in [1.807, 2.05) is 0 Å². The molecule has 1 aromatic rings. The monoisotopic (exact) mass is 295 g/mol. The maximum atomic E-state index is 11.2. The Morgan fingerprint density at radius 1 is 1.48 bits per heavy atom. The van der Waals surface area contributed by atoms with E-state index >= 15 is 0 Å². The molecule has 0 radical (unpaired) electrons. The van der Waals surface area contributed by atoms with E-state index in [4.69, 9.17) is 10.8 Å². The van der Waals surface area contributed by atoms with Gasteiger partial charge in [0.05, 0.1) is 4.92 Å². The minimum atomic E-state index is -1.18. The number of carbonyl (C=O) groups is 2. The molecule has 0 aromatic heterocycles. The zero-order valence-corrected chi connectivity index (χ0v) is 11.8. The molecule has 0 saturated carbocycles. The van der Waals surface area contributed by atoms with E-state index in [2.05, 4.69) is 5.32 Å². The summed E-state index contributed by atoms with van der Waals surface area (Å²) in [5, 5.41) is 23.0. The van der Waals surface area contributed by atoms with Gasteiger partial charge in [0, 0.05) is 23.7 Å². The molecule has 0 spiro atoms. The van der Waals surface area contributed by atoms with Crippen LogP contribution in [0.4, 0.5) is 5.69 Å². The molecule has 114 valence electrons. The number of carboxylic acids is 1. The van der Waals surface area contributed by atoms with E-state index in [-0.39, 0.29) is 23.4 Å². The van der Waals surface area contributed by atoms with E-state index < -0.39 is 22.3 Å². The maximum absolute atomic E-state index is 11.2. The molecule has 1 unspecified atom stereocenters. The van der Waals surface area contributed by atoms with Crippen LogP contribution >= 0.6 is 0 Å². The van der Waals surface area contributed by atoms with Crippen molar-refractivity contribution in [3.05, 3.63) is 39.4 Å². The van der Waals surface area contributed by atoms with Gasteiger partial charge in [-0.1, -0.05) is 13.0 Å². The lowest BCUT2D eigenvalue weighted by Crippen LogP contribution is -2.48. The van der Waals surface area contributed by atoms with Crippen LogP contribution in [0.15, 0.2) is 18.2 Å². The van der Waals surface area contributed by atoms with Crippen molar-refractivity contribution in [2.75, 3.05) is 0 Å². The van der Waals surface area contributed by atoms with E-state index in [9.17, 15) is 19.7 Å². The first kappa shape index (κ1) is 16.6. The van der Waals surface area contributed by atoms with Gasteiger partial charge in [0.25, 0.3) is 5.69 Å². The summed E-state index contributed by atoms with van der Waals surface area (Å²) >= 11 is 0. The Kier molecular flexibility index (Phi) is 4.98. The normalized spacial score (nSPS) is 13.4. The molecule has 1 amide bonds. The third-order valence-corrected chi connectivity index (χ3v) is 3.41. The molecule has 1 aromatic carbocycles. The van der Waals surface area contributed by atoms with Crippen LogP contribution in [-0.2, 0) is 11.3 Å². The largest absolute Gasteiger partial charge is 0.480 e. The van der Waals surface area contributed by atoms with E-state index in [0.29, 0.717) is 6.42 Å². The second kappa shape index (κ2) is 6.31. The van der Waals surface area contributed by atoms with Gasteiger partial charge < -0.3 is 10.8 Å². The lowest BCUT2D eigenvalue weighted by atomic mass is 9.98. The molecular formula is C13H17N3O5. The highest BCUT2D eigenvalue weighted by atomic mass is 16.6. The van der Waals surface area contributed by atoms with Crippen molar-refractivity contribution in [3.8, 4) is 0 Å². The highest BCUT2D eigenvalue weighted by molar-refractivity contribution is 5.93. The molecule has 4 N–H and O–H groups in total. The van der Waals surface area contributed by atoms with Crippen molar-refractivity contribution in [1.29, 1.82) is 0 Å². The minimum Gasteiger partial charge on any atom is -0.480 e. The summed E-state index contributed by atoms with van der Waals surface area (Å²) in [6, 6.07) is 3.85. The number of nitrogens with two attached hydrogens (primary N) is 1. The Balaban J connectivity index is 3.06. The smallest absolute Gasteiger partial charge is 0.323 e. The number of carboxylic acid groups (broad SMARTS) is 1. The van der Waals surface area contributed by atoms with Crippen LogP contribution in [0.25, 0.3) is 0 Å². The molecule has 1 atom stereocenters. The maximum Gasteiger partial charge on any atom is 0.323 e. The molecule has 21 heavy (non-hydrogen) atoms. The molecule has 1 rings (SSSR count). The first-order valence-electron chi connectivity index (χ1n) is 6.27. The number of primary amides is 1. The summed E-state index contributed by atoms with van der Waals surface area (Å²) < 4.78 is 0. The fourth-order valence-corrected chi connectivity index (χ4v) is 1.68. The Morgan fingerprint density at radius 2 is 2.10 bits per heavy atom. The van der Waals surface area contributed by atoms with E-state index in [0.717, 1.165) is 6.07 Å². The number of carbonyl (C=O) groups excluding carboxylic acids is 1. The summed E-state index contributed by atoms with van der Waals surface area (Å²) in [5.74, 6) is -1.80. The number of hydrogen-bond acceptors (Lipinski definition) is 5. The molecule has 0 aliphatic heterocycles. The number of nitrogens with zero attached hydrogens (tertiary/aromatic N) is 1. The molecule has 8 nitrogen and oxygen atoms in total. The molecular weight excluding hydrogens is 278 g/mol. The Bertz CT molecular complexity index is 587. The fraction of sp³-hybridized carbons (Fsp3) is 0.385. The summed E-state index contributed by atoms with van der Waals surface area (Å²) in [4.78, 5) is 32.6. The second-order valence-corrected chi connectivity index (χ2v) is 4.81. The van der Waals surface area contributed by atoms with Crippen molar-refractivity contribution in [1.82, 2.24) is 5.32 Å². The fourth-order valence-electron chi connectivity index (χ4n) is 1.68. The van der Waals surface area contributed by atoms with Crippen LogP contribution in [0, 0.1) is 10.1 Å². The van der Waals surface area contributed by atoms with Crippen LogP contribution in [0.5, 0.6) is 0 Å². The van der Waals surface area contributed by atoms with Crippen molar-refractivity contribution in [3.63, 3.8) is 0 Å². The molecule has 0 fully saturated rings. The van der Waals surface area contributed by atoms with Gasteiger partial charge in [-0.3, -0.25) is 25.0 Å². The average molecular weight is 295 g/mol. The Morgan fingerprint density at radius 3 is 2.52 bits per heavy atom. The Hall–Kier alpha value is -2.48. The van der Waals surface area contributed by atoms with Gasteiger partial charge in [0.1, 0.15) is 5.54 Å². The molecule has 0 aliphatic carbocycles. The zero-order valence-electron chi connectivity index (χ0n) is 11.8. The second-order valence-electron chi connectivity index (χ2n) is 4.81. The average Bonchev–Trinajstić information content (AvgIpc) is 2.43. The van der Waals surface area contributed by atoms with E-state index in [1.54, 1.807) is 6.92 Å². The summed E-state index contributed by atoms with van der Waals surface area (Å²) in [6.45, 7) is 3.19. The molecule has 0 aliphatic rings. The number of amides is 1. The minimum absolute atomic E-state index is 0.00794. The quantitative estimate of drug-likeness (QED) is 0.508. The number of rotatable bonds is 7. The Labute approximate surface area is 121 Å². The zero-order chi connectivity index (χ0) is 16.2. The number of nitro groups is 1. The SMILES string of the molecule is CCC(C)(NCc1ccc(C(N)=O)cc1[N+](=O)[O-])C(=O)O. The lowest BCUT2D eigenvalue weighted by Gasteiger charge is -2.24. The van der Waals surface area contributed by atoms with Gasteiger partial charge in [-0.15, -0.1) is 0 Å². The van der Waals surface area contributed by atoms with Gasteiger partial charge in [-0.05, 0) is 19.4 Å². The van der Waals surface area contributed by atoms with Gasteiger partial charge in [0.2, 0.25) is 5.91 Å². The van der Waals surface area contributed by atoms with E-state index in [1.165, 1.54) is 19.1 Å². The number of nitrogens with one attached hydrogen (secondary N) is 1. The number of nitro benzene ring substituents is 1. The third kappa shape index (κ3) is 3.76. The first-order valence-corrected chi connectivity index (χ1v) is 6.27. The van der Waals surface area contributed by atoms with Crippen LogP contribution in [0.2, 0.25) is 0 Å². The van der Waals surface area contributed by atoms with Crippen LogP contribution in [0.1, 0.15) is 36.2 Å². The van der Waals surface area contributed by atoms with Gasteiger partial charge >= 0.3 is 5.97 Å². The van der Waals surface area contributed by atoms with Crippen LogP contribution in [-0.4, -0.2) is 27.4 Å². The predicted molar refractivity (Wildman–Crippen MR) is 74.8 cm³/mol. The molecule has 8 heteroatoms.